The summed E-state index contributed by atoms with van der Waals surface area (Å²) < 4.78 is 2.43. The zero-order valence-electron chi connectivity index (χ0n) is 36.8. The van der Waals surface area contributed by atoms with Gasteiger partial charge in [-0.25, -0.2) is 15.0 Å². The van der Waals surface area contributed by atoms with Gasteiger partial charge in [-0.3, -0.25) is 0 Å². The van der Waals surface area contributed by atoms with Crippen LogP contribution in [-0.2, 0) is 5.41 Å². The van der Waals surface area contributed by atoms with E-state index in [9.17, 15) is 0 Å². The highest BCUT2D eigenvalue weighted by Crippen LogP contribution is 2.55. The summed E-state index contributed by atoms with van der Waals surface area (Å²) in [6.07, 6.45) is 18.1. The van der Waals surface area contributed by atoms with Crippen LogP contribution in [0.25, 0.3) is 67.0 Å². The molecule has 4 nitrogen and oxygen atoms in total. The van der Waals surface area contributed by atoms with Gasteiger partial charge in [0.05, 0.1) is 11.0 Å². The van der Waals surface area contributed by atoms with Gasteiger partial charge in [-0.15, -0.1) is 0 Å². The minimum Gasteiger partial charge on any atom is -0.309 e. The molecule has 3 aliphatic rings. The lowest BCUT2D eigenvalue weighted by molar-refractivity contribution is 0.408. The van der Waals surface area contributed by atoms with Crippen LogP contribution in [0.2, 0.25) is 0 Å². The van der Waals surface area contributed by atoms with Crippen molar-refractivity contribution < 1.29 is 0 Å². The van der Waals surface area contributed by atoms with Crippen molar-refractivity contribution in [3.8, 4) is 28.5 Å². The van der Waals surface area contributed by atoms with E-state index >= 15 is 0 Å². The highest BCUT2D eigenvalue weighted by Gasteiger charge is 2.44. The van der Waals surface area contributed by atoms with Crippen molar-refractivity contribution >= 4 is 38.5 Å². The Morgan fingerprint density at radius 1 is 0.609 bits per heavy atom. The molecule has 2 unspecified atom stereocenters. The second-order valence-corrected chi connectivity index (χ2v) is 18.1. The van der Waals surface area contributed by atoms with Gasteiger partial charge in [0.15, 0.2) is 17.5 Å². The Kier molecular flexibility index (Phi) is 9.88. The van der Waals surface area contributed by atoms with Crippen LogP contribution in [0.3, 0.4) is 0 Å². The van der Waals surface area contributed by atoms with Crippen LogP contribution >= 0.6 is 0 Å². The maximum absolute atomic E-state index is 5.14. The van der Waals surface area contributed by atoms with E-state index in [-0.39, 0.29) is 11.3 Å². The van der Waals surface area contributed by atoms with Gasteiger partial charge in [-0.2, -0.15) is 0 Å². The first-order valence-electron chi connectivity index (χ1n) is 22.6. The van der Waals surface area contributed by atoms with Gasteiger partial charge in [0.1, 0.15) is 0 Å². The van der Waals surface area contributed by atoms with Crippen LogP contribution in [0.1, 0.15) is 74.5 Å². The molecule has 0 aliphatic heterocycles. The molecule has 2 atom stereocenters. The summed E-state index contributed by atoms with van der Waals surface area (Å²) >= 11 is 0. The van der Waals surface area contributed by atoms with Gasteiger partial charge in [0, 0.05) is 33.5 Å². The predicted octanol–water partition coefficient (Wildman–Crippen LogP) is 15.1. The van der Waals surface area contributed by atoms with Crippen molar-refractivity contribution in [2.45, 2.75) is 51.9 Å². The maximum atomic E-state index is 5.14. The van der Waals surface area contributed by atoms with Crippen LogP contribution in [0, 0.1) is 5.92 Å². The largest absolute Gasteiger partial charge is 0.309 e. The average molecular weight is 827 g/mol. The van der Waals surface area contributed by atoms with E-state index in [2.05, 4.69) is 202 Å². The van der Waals surface area contributed by atoms with E-state index in [0.29, 0.717) is 23.4 Å². The van der Waals surface area contributed by atoms with Crippen molar-refractivity contribution in [2.24, 2.45) is 5.92 Å². The molecule has 0 amide bonds. The number of benzene rings is 6. The van der Waals surface area contributed by atoms with E-state index < -0.39 is 0 Å². The van der Waals surface area contributed by atoms with Crippen LogP contribution in [-0.4, -0.2) is 19.5 Å². The number of allylic oxidation sites excluding steroid dienone is 12. The monoisotopic (exact) mass is 826 g/mol. The second-order valence-electron chi connectivity index (χ2n) is 18.1. The SMILES string of the molecule is C/C(=C\C=C(/C)c1nc(-c2ccccc2)nc(-c2cccc(-n3c4ccccc4c4ccc(C5CC=CC=C5C5=CC=C6c7ccccc7C(C)(C)C6C5)cc43)c2)n1)c1ccccc1. The number of nitrogens with zero attached hydrogens (tertiary/aromatic N) is 4. The summed E-state index contributed by atoms with van der Waals surface area (Å²) in [6, 6.07) is 54.3. The Morgan fingerprint density at radius 3 is 2.16 bits per heavy atom. The molecule has 2 aromatic heterocycles. The van der Waals surface area contributed by atoms with Gasteiger partial charge in [-0.1, -0.05) is 184 Å². The van der Waals surface area contributed by atoms with E-state index in [1.54, 1.807) is 0 Å². The van der Waals surface area contributed by atoms with Gasteiger partial charge in [-0.05, 0) is 112 Å². The van der Waals surface area contributed by atoms with Crippen molar-refractivity contribution in [3.63, 3.8) is 0 Å². The van der Waals surface area contributed by atoms with Crippen molar-refractivity contribution in [2.75, 3.05) is 0 Å². The normalized spacial score (nSPS) is 18.1. The van der Waals surface area contributed by atoms with E-state index in [1.807, 2.05) is 24.3 Å². The zero-order chi connectivity index (χ0) is 43.4. The highest BCUT2D eigenvalue weighted by atomic mass is 15.0. The minimum atomic E-state index is 0.0807. The van der Waals surface area contributed by atoms with Crippen molar-refractivity contribution in [3.05, 3.63) is 233 Å². The maximum Gasteiger partial charge on any atom is 0.164 e. The van der Waals surface area contributed by atoms with Gasteiger partial charge in [0.25, 0.3) is 0 Å². The number of aromatic nitrogens is 4. The third-order valence-electron chi connectivity index (χ3n) is 13.9. The molecule has 0 radical (unpaired) electrons. The molecule has 0 spiro atoms. The third kappa shape index (κ3) is 6.91. The van der Waals surface area contributed by atoms with E-state index in [1.165, 1.54) is 66.4 Å². The number of para-hydroxylation sites is 1. The molecule has 0 N–H and O–H groups in total. The average Bonchev–Trinajstić information content (AvgIpc) is 3.81. The number of hydrogen-bond acceptors (Lipinski definition) is 3. The third-order valence-corrected chi connectivity index (χ3v) is 13.9. The van der Waals surface area contributed by atoms with Crippen molar-refractivity contribution in [1.29, 1.82) is 0 Å². The highest BCUT2D eigenvalue weighted by molar-refractivity contribution is 6.09. The lowest BCUT2D eigenvalue weighted by atomic mass is 9.70. The molecule has 0 fully saturated rings. The van der Waals surface area contributed by atoms with Gasteiger partial charge < -0.3 is 4.57 Å². The molecule has 64 heavy (non-hydrogen) atoms. The molecule has 0 bridgehead atoms. The molecule has 0 saturated carbocycles. The first kappa shape index (κ1) is 39.4. The minimum absolute atomic E-state index is 0.0807. The summed E-state index contributed by atoms with van der Waals surface area (Å²) in [5, 5.41) is 2.47. The van der Waals surface area contributed by atoms with Crippen LogP contribution in [0.4, 0.5) is 0 Å². The predicted molar refractivity (Wildman–Crippen MR) is 267 cm³/mol. The molecular weight excluding hydrogens is 777 g/mol. The van der Waals surface area contributed by atoms with E-state index in [4.69, 9.17) is 15.0 Å². The van der Waals surface area contributed by atoms with Gasteiger partial charge >= 0.3 is 0 Å². The fraction of sp³-hybridized carbons (Fsp3) is 0.150. The summed E-state index contributed by atoms with van der Waals surface area (Å²) in [7, 11) is 0. The van der Waals surface area contributed by atoms with E-state index in [0.717, 1.165) is 35.2 Å². The Balaban J connectivity index is 0.990. The summed E-state index contributed by atoms with van der Waals surface area (Å²) in [6.45, 7) is 9.07. The molecule has 3 aliphatic carbocycles. The molecule has 0 saturated heterocycles. The molecule has 2 heterocycles. The zero-order valence-corrected chi connectivity index (χ0v) is 36.8. The number of rotatable bonds is 8. The Morgan fingerprint density at radius 2 is 1.31 bits per heavy atom. The number of hydrogen-bond donors (Lipinski definition) is 0. The molecular formula is C60H50N4. The Labute approximate surface area is 376 Å². The summed E-state index contributed by atoms with van der Waals surface area (Å²) in [5.74, 6) is 2.65. The number of fused-ring (bicyclic) bond motifs is 6. The quantitative estimate of drug-likeness (QED) is 0.143. The first-order chi connectivity index (χ1) is 31.3. The topological polar surface area (TPSA) is 43.6 Å². The molecule has 310 valence electrons. The molecule has 8 aromatic rings. The Bertz CT molecular complexity index is 3320. The summed E-state index contributed by atoms with van der Waals surface area (Å²) in [5.41, 5.74) is 17.3. The van der Waals surface area contributed by atoms with Crippen LogP contribution in [0.15, 0.2) is 205 Å². The van der Waals surface area contributed by atoms with Crippen molar-refractivity contribution in [1.82, 2.24) is 19.5 Å². The van der Waals surface area contributed by atoms with Crippen LogP contribution < -0.4 is 0 Å². The first-order valence-corrected chi connectivity index (χ1v) is 22.6. The van der Waals surface area contributed by atoms with Gasteiger partial charge in [0.2, 0.25) is 0 Å². The molecule has 11 rings (SSSR count). The van der Waals surface area contributed by atoms with Crippen LogP contribution in [0.5, 0.6) is 0 Å². The lowest BCUT2D eigenvalue weighted by Gasteiger charge is -2.34. The Hall–Kier alpha value is -7.43. The lowest BCUT2D eigenvalue weighted by Crippen LogP contribution is -2.26. The smallest absolute Gasteiger partial charge is 0.164 e. The summed E-state index contributed by atoms with van der Waals surface area (Å²) in [4.78, 5) is 15.3. The second kappa shape index (κ2) is 16.0. The molecule has 4 heteroatoms. The fourth-order valence-corrected chi connectivity index (χ4v) is 10.4. The fourth-order valence-electron chi connectivity index (χ4n) is 10.4. The molecule has 6 aromatic carbocycles. The standard InChI is InChI=1S/C60H50N4/c1-39(41-18-7-5-8-19-41)30-31-40(2)57-61-58(42-20-9-6-10-21-42)63-59(62-57)45-22-17-23-46(36-45)64-55-29-16-14-27-51(55)52-35-33-44(38-56(52)64)48-25-12-11-24-47(48)43-32-34-50-49-26-13-15-28-53(49)60(3,4)54(50)37-43/h5-24,26-36,38,48,54H,25,37H2,1-4H3/b39-30+,40-31+.